The minimum atomic E-state index is 0.0225. The van der Waals surface area contributed by atoms with Gasteiger partial charge in [-0.1, -0.05) is 19.3 Å². The summed E-state index contributed by atoms with van der Waals surface area (Å²) in [5.41, 5.74) is 0.700. The molecule has 0 aliphatic heterocycles. The van der Waals surface area contributed by atoms with E-state index in [1.54, 1.807) is 6.20 Å². The lowest BCUT2D eigenvalue weighted by Crippen LogP contribution is -2.36. The van der Waals surface area contributed by atoms with E-state index in [0.29, 0.717) is 11.6 Å². The maximum absolute atomic E-state index is 12.1. The lowest BCUT2D eigenvalue weighted by atomic mass is 9.95. The van der Waals surface area contributed by atoms with E-state index in [2.05, 4.69) is 10.3 Å². The van der Waals surface area contributed by atoms with Crippen molar-refractivity contribution in [3.8, 4) is 0 Å². The van der Waals surface area contributed by atoms with Crippen molar-refractivity contribution >= 4 is 17.7 Å². The molecule has 1 aromatic heterocycles. The number of hydrogen-bond donors (Lipinski definition) is 1. The number of pyridine rings is 1. The van der Waals surface area contributed by atoms with Gasteiger partial charge in [0, 0.05) is 12.2 Å². The Bertz CT molecular complexity index is 389. The molecule has 0 bridgehead atoms. The number of hydrogen-bond acceptors (Lipinski definition) is 3. The van der Waals surface area contributed by atoms with Crippen molar-refractivity contribution in [2.45, 2.75) is 43.2 Å². The SMILES string of the molecule is CSc1ncccc1C(=O)NC1CCCCC1. The van der Waals surface area contributed by atoms with Crippen LogP contribution in [-0.2, 0) is 0 Å². The Morgan fingerprint density at radius 3 is 2.88 bits per heavy atom. The van der Waals surface area contributed by atoms with Crippen LogP contribution < -0.4 is 5.32 Å². The second kappa shape index (κ2) is 6.05. The minimum absolute atomic E-state index is 0.0225. The molecule has 1 aromatic rings. The van der Waals surface area contributed by atoms with Crippen molar-refractivity contribution in [2.75, 3.05) is 6.26 Å². The molecular weight excluding hydrogens is 232 g/mol. The predicted molar refractivity (Wildman–Crippen MR) is 70.4 cm³/mol. The average molecular weight is 250 g/mol. The van der Waals surface area contributed by atoms with Gasteiger partial charge in [-0.3, -0.25) is 4.79 Å². The van der Waals surface area contributed by atoms with Crippen LogP contribution in [0.4, 0.5) is 0 Å². The van der Waals surface area contributed by atoms with Crippen LogP contribution in [0.3, 0.4) is 0 Å². The molecule has 17 heavy (non-hydrogen) atoms. The Morgan fingerprint density at radius 1 is 1.41 bits per heavy atom. The highest BCUT2D eigenvalue weighted by Gasteiger charge is 2.18. The van der Waals surface area contributed by atoms with Crippen LogP contribution >= 0.6 is 11.8 Å². The van der Waals surface area contributed by atoms with E-state index in [0.717, 1.165) is 17.9 Å². The number of rotatable bonds is 3. The second-order valence-corrected chi connectivity index (χ2v) is 5.16. The van der Waals surface area contributed by atoms with Gasteiger partial charge in [0.1, 0.15) is 5.03 Å². The third-order valence-corrected chi connectivity index (χ3v) is 3.86. The molecule has 0 atom stereocenters. The fraction of sp³-hybridized carbons (Fsp3) is 0.538. The van der Waals surface area contributed by atoms with Crippen molar-refractivity contribution in [3.63, 3.8) is 0 Å². The fourth-order valence-electron chi connectivity index (χ4n) is 2.24. The summed E-state index contributed by atoms with van der Waals surface area (Å²) in [6.45, 7) is 0. The Hall–Kier alpha value is -1.03. The molecule has 1 fully saturated rings. The van der Waals surface area contributed by atoms with Gasteiger partial charge in [0.2, 0.25) is 0 Å². The zero-order chi connectivity index (χ0) is 12.1. The molecule has 1 saturated carbocycles. The maximum atomic E-state index is 12.1. The molecule has 0 spiro atoms. The van der Waals surface area contributed by atoms with E-state index in [4.69, 9.17) is 0 Å². The first-order valence-corrected chi connectivity index (χ1v) is 7.33. The first-order valence-electron chi connectivity index (χ1n) is 6.11. The van der Waals surface area contributed by atoms with Crippen molar-refractivity contribution in [1.29, 1.82) is 0 Å². The highest BCUT2D eigenvalue weighted by molar-refractivity contribution is 7.98. The molecule has 0 unspecified atom stereocenters. The molecule has 4 heteroatoms. The number of amides is 1. The van der Waals surface area contributed by atoms with Crippen LogP contribution in [0, 0.1) is 0 Å². The van der Waals surface area contributed by atoms with E-state index >= 15 is 0 Å². The first kappa shape index (κ1) is 12.4. The Kier molecular flexibility index (Phi) is 4.42. The highest BCUT2D eigenvalue weighted by atomic mass is 32.2. The molecule has 3 nitrogen and oxygen atoms in total. The van der Waals surface area contributed by atoms with Gasteiger partial charge < -0.3 is 5.32 Å². The normalized spacial score (nSPS) is 16.8. The molecule has 0 aromatic carbocycles. The van der Waals surface area contributed by atoms with Crippen molar-refractivity contribution in [2.24, 2.45) is 0 Å². The molecule has 1 aliphatic carbocycles. The van der Waals surface area contributed by atoms with E-state index in [9.17, 15) is 4.79 Å². The van der Waals surface area contributed by atoms with Gasteiger partial charge >= 0.3 is 0 Å². The van der Waals surface area contributed by atoms with E-state index < -0.39 is 0 Å². The Morgan fingerprint density at radius 2 is 2.18 bits per heavy atom. The predicted octanol–water partition coefficient (Wildman–Crippen LogP) is 2.87. The van der Waals surface area contributed by atoms with Crippen LogP contribution in [0.25, 0.3) is 0 Å². The molecule has 0 saturated heterocycles. The molecule has 1 N–H and O–H groups in total. The minimum Gasteiger partial charge on any atom is -0.349 e. The van der Waals surface area contributed by atoms with Gasteiger partial charge in [-0.05, 0) is 31.2 Å². The molecule has 0 radical (unpaired) electrons. The monoisotopic (exact) mass is 250 g/mol. The zero-order valence-electron chi connectivity index (χ0n) is 10.1. The van der Waals surface area contributed by atoms with Gasteiger partial charge in [-0.2, -0.15) is 0 Å². The lowest BCUT2D eigenvalue weighted by molar-refractivity contribution is 0.0924. The third-order valence-electron chi connectivity index (χ3n) is 3.15. The van der Waals surface area contributed by atoms with Crippen molar-refractivity contribution in [3.05, 3.63) is 23.9 Å². The summed E-state index contributed by atoms with van der Waals surface area (Å²) in [7, 11) is 0. The lowest BCUT2D eigenvalue weighted by Gasteiger charge is -2.23. The van der Waals surface area contributed by atoms with Crippen LogP contribution in [-0.4, -0.2) is 23.2 Å². The highest BCUT2D eigenvalue weighted by Crippen LogP contribution is 2.20. The van der Waals surface area contributed by atoms with Crippen molar-refractivity contribution in [1.82, 2.24) is 10.3 Å². The summed E-state index contributed by atoms with van der Waals surface area (Å²) >= 11 is 1.51. The molecule has 1 heterocycles. The first-order chi connectivity index (χ1) is 8.31. The van der Waals surface area contributed by atoms with Crippen LogP contribution in [0.15, 0.2) is 23.4 Å². The Labute approximate surface area is 106 Å². The Balaban J connectivity index is 2.03. The maximum Gasteiger partial charge on any atom is 0.254 e. The standard InChI is InChI=1S/C13H18N2OS/c1-17-13-11(8-5-9-14-13)12(16)15-10-6-3-2-4-7-10/h5,8-10H,2-4,6-7H2,1H3,(H,15,16). The summed E-state index contributed by atoms with van der Waals surface area (Å²) in [6.07, 6.45) is 9.65. The summed E-state index contributed by atoms with van der Waals surface area (Å²) in [4.78, 5) is 16.3. The van der Waals surface area contributed by atoms with E-state index in [1.807, 2.05) is 18.4 Å². The summed E-state index contributed by atoms with van der Waals surface area (Å²) < 4.78 is 0. The van der Waals surface area contributed by atoms with Crippen LogP contribution in [0.1, 0.15) is 42.5 Å². The van der Waals surface area contributed by atoms with Gasteiger partial charge in [-0.25, -0.2) is 4.98 Å². The zero-order valence-corrected chi connectivity index (χ0v) is 10.9. The van der Waals surface area contributed by atoms with E-state index in [1.165, 1.54) is 31.0 Å². The smallest absolute Gasteiger partial charge is 0.254 e. The molecule has 2 rings (SSSR count). The topological polar surface area (TPSA) is 42.0 Å². The molecule has 1 aliphatic rings. The summed E-state index contributed by atoms with van der Waals surface area (Å²) in [5.74, 6) is 0.0225. The van der Waals surface area contributed by atoms with Crippen molar-refractivity contribution < 1.29 is 4.79 Å². The largest absolute Gasteiger partial charge is 0.349 e. The summed E-state index contributed by atoms with van der Waals surface area (Å²) in [6, 6.07) is 4.01. The van der Waals surface area contributed by atoms with Gasteiger partial charge in [0.05, 0.1) is 5.56 Å². The van der Waals surface area contributed by atoms with Crippen LogP contribution in [0.2, 0.25) is 0 Å². The average Bonchev–Trinajstić information content (AvgIpc) is 2.40. The number of aromatic nitrogens is 1. The van der Waals surface area contributed by atoms with Crippen LogP contribution in [0.5, 0.6) is 0 Å². The molecular formula is C13H18N2OS. The summed E-state index contributed by atoms with van der Waals surface area (Å²) in [5, 5.41) is 3.92. The van der Waals surface area contributed by atoms with E-state index in [-0.39, 0.29) is 5.91 Å². The second-order valence-electron chi connectivity index (χ2n) is 4.37. The van der Waals surface area contributed by atoms with Gasteiger partial charge in [-0.15, -0.1) is 11.8 Å². The number of thioether (sulfide) groups is 1. The third kappa shape index (κ3) is 3.22. The number of nitrogens with zero attached hydrogens (tertiary/aromatic N) is 1. The number of nitrogens with one attached hydrogen (secondary N) is 1. The fourth-order valence-corrected chi connectivity index (χ4v) is 2.78. The van der Waals surface area contributed by atoms with Gasteiger partial charge in [0.15, 0.2) is 0 Å². The number of carbonyl (C=O) groups is 1. The van der Waals surface area contributed by atoms with Gasteiger partial charge in [0.25, 0.3) is 5.91 Å². The quantitative estimate of drug-likeness (QED) is 0.839. The molecule has 1 amide bonds. The molecule has 92 valence electrons. The number of carbonyl (C=O) groups excluding carboxylic acids is 1.